The second-order valence-corrected chi connectivity index (χ2v) is 4.49. The van der Waals surface area contributed by atoms with Crippen molar-refractivity contribution in [2.24, 2.45) is 0 Å². The van der Waals surface area contributed by atoms with Crippen molar-refractivity contribution in [3.05, 3.63) is 28.8 Å². The van der Waals surface area contributed by atoms with Crippen molar-refractivity contribution in [2.45, 2.75) is 25.8 Å². The molecular weight excluding hydrogens is 270 g/mol. The molecule has 0 bridgehead atoms. The average molecular weight is 282 g/mol. The minimum atomic E-state index is -1.13. The average Bonchev–Trinajstić information content (AvgIpc) is 2.38. The third-order valence-corrected chi connectivity index (χ3v) is 3.15. The molecule has 1 atom stereocenters. The highest BCUT2D eigenvalue weighted by atomic mass is 19.2. The van der Waals surface area contributed by atoms with Crippen LogP contribution >= 0.6 is 0 Å². The highest BCUT2D eigenvalue weighted by Crippen LogP contribution is 2.31. The molecule has 0 saturated heterocycles. The van der Waals surface area contributed by atoms with Gasteiger partial charge in [0, 0.05) is 24.1 Å². The van der Waals surface area contributed by atoms with Crippen molar-refractivity contribution in [3.8, 4) is 0 Å². The van der Waals surface area contributed by atoms with Gasteiger partial charge in [-0.15, -0.1) is 0 Å². The number of fused-ring (bicyclic) bond motifs is 1. The summed E-state index contributed by atoms with van der Waals surface area (Å²) in [5.74, 6) is -3.14. The second kappa shape index (κ2) is 5.36. The number of hydrogen-bond donors (Lipinski definition) is 2. The Hall–Kier alpha value is -2.31. The van der Waals surface area contributed by atoms with E-state index in [2.05, 4.69) is 10.6 Å². The lowest BCUT2D eigenvalue weighted by atomic mass is 9.85. The summed E-state index contributed by atoms with van der Waals surface area (Å²) in [4.78, 5) is 33.8. The summed E-state index contributed by atoms with van der Waals surface area (Å²) >= 11 is 0. The molecule has 0 fully saturated rings. The number of nitrogens with one attached hydrogen (secondary N) is 2. The molecule has 0 aliphatic heterocycles. The lowest BCUT2D eigenvalue weighted by Gasteiger charge is -2.26. The van der Waals surface area contributed by atoms with Crippen LogP contribution in [0.4, 0.5) is 14.5 Å². The van der Waals surface area contributed by atoms with Gasteiger partial charge in [-0.2, -0.15) is 0 Å². The zero-order valence-corrected chi connectivity index (χ0v) is 10.6. The van der Waals surface area contributed by atoms with Crippen LogP contribution in [-0.2, 0) is 16.0 Å². The SMILES string of the molecule is CC(=O)NC1CCc2c(F)c(F)cc(NC=O)c2C1=O. The van der Waals surface area contributed by atoms with Crippen LogP contribution in [0.1, 0.15) is 29.3 Å². The summed E-state index contributed by atoms with van der Waals surface area (Å²) in [6, 6.07) is -0.0339. The van der Waals surface area contributed by atoms with E-state index >= 15 is 0 Å². The van der Waals surface area contributed by atoms with Crippen LogP contribution in [0.2, 0.25) is 0 Å². The summed E-state index contributed by atoms with van der Waals surface area (Å²) in [6.45, 7) is 1.26. The van der Waals surface area contributed by atoms with Gasteiger partial charge in [0.05, 0.1) is 11.7 Å². The van der Waals surface area contributed by atoms with Crippen molar-refractivity contribution in [3.63, 3.8) is 0 Å². The van der Waals surface area contributed by atoms with Gasteiger partial charge in [-0.3, -0.25) is 14.4 Å². The molecule has 1 aromatic carbocycles. The summed E-state index contributed by atoms with van der Waals surface area (Å²) in [6.07, 6.45) is 0.567. The largest absolute Gasteiger partial charge is 0.346 e. The fourth-order valence-electron chi connectivity index (χ4n) is 2.35. The lowest BCUT2D eigenvalue weighted by molar-refractivity contribution is -0.119. The van der Waals surface area contributed by atoms with Crippen LogP contribution in [0.5, 0.6) is 0 Å². The Labute approximate surface area is 113 Å². The van der Waals surface area contributed by atoms with Crippen LogP contribution in [0, 0.1) is 11.6 Å². The number of amides is 2. The van der Waals surface area contributed by atoms with Gasteiger partial charge in [0.25, 0.3) is 0 Å². The van der Waals surface area contributed by atoms with Gasteiger partial charge in [0.1, 0.15) is 0 Å². The quantitative estimate of drug-likeness (QED) is 0.817. The molecule has 1 aliphatic rings. The highest BCUT2D eigenvalue weighted by molar-refractivity contribution is 6.09. The molecule has 0 saturated carbocycles. The molecule has 1 aliphatic carbocycles. The maximum Gasteiger partial charge on any atom is 0.217 e. The molecule has 0 aromatic heterocycles. The molecule has 0 radical (unpaired) electrons. The van der Waals surface area contributed by atoms with Gasteiger partial charge in [0.2, 0.25) is 12.3 Å². The van der Waals surface area contributed by atoms with Crippen molar-refractivity contribution in [1.82, 2.24) is 5.32 Å². The molecule has 2 N–H and O–H groups in total. The summed E-state index contributed by atoms with van der Waals surface area (Å²) in [5.41, 5.74) is -0.240. The van der Waals surface area contributed by atoms with E-state index in [1.807, 2.05) is 0 Å². The first-order valence-electron chi connectivity index (χ1n) is 5.98. The molecule has 106 valence electrons. The van der Waals surface area contributed by atoms with E-state index in [4.69, 9.17) is 0 Å². The number of rotatable bonds is 3. The van der Waals surface area contributed by atoms with Crippen LogP contribution in [0.25, 0.3) is 0 Å². The Morgan fingerprint density at radius 2 is 2.15 bits per heavy atom. The summed E-state index contributed by atoms with van der Waals surface area (Å²) in [5, 5.41) is 4.64. The Balaban J connectivity index is 2.52. The van der Waals surface area contributed by atoms with Crippen molar-refractivity contribution in [1.29, 1.82) is 0 Å². The number of benzene rings is 1. The Morgan fingerprint density at radius 3 is 2.75 bits per heavy atom. The molecule has 5 nitrogen and oxygen atoms in total. The minimum absolute atomic E-state index is 0.0686. The number of halogens is 2. The second-order valence-electron chi connectivity index (χ2n) is 4.49. The molecule has 20 heavy (non-hydrogen) atoms. The topological polar surface area (TPSA) is 75.3 Å². The predicted molar refractivity (Wildman–Crippen MR) is 66.3 cm³/mol. The zero-order chi connectivity index (χ0) is 14.9. The zero-order valence-electron chi connectivity index (χ0n) is 10.6. The van der Waals surface area contributed by atoms with Gasteiger partial charge >= 0.3 is 0 Å². The first kappa shape index (κ1) is 14.1. The van der Waals surface area contributed by atoms with Gasteiger partial charge < -0.3 is 10.6 Å². The van der Waals surface area contributed by atoms with E-state index < -0.39 is 23.5 Å². The first-order chi connectivity index (χ1) is 9.45. The Kier molecular flexibility index (Phi) is 3.78. The van der Waals surface area contributed by atoms with Crippen molar-refractivity contribution >= 4 is 23.8 Å². The maximum absolute atomic E-state index is 13.7. The molecule has 2 rings (SSSR count). The van der Waals surface area contributed by atoms with Crippen LogP contribution in [0.15, 0.2) is 6.07 Å². The first-order valence-corrected chi connectivity index (χ1v) is 5.98. The molecule has 7 heteroatoms. The standard InChI is InChI=1S/C13H12F2N2O3/c1-6(19)17-9-3-2-7-11(13(9)20)10(16-5-18)4-8(14)12(7)15/h4-5,9H,2-3H2,1H3,(H,16,18)(H,17,19). The van der Waals surface area contributed by atoms with Gasteiger partial charge in [-0.05, 0) is 12.8 Å². The Morgan fingerprint density at radius 1 is 1.45 bits per heavy atom. The molecule has 0 heterocycles. The number of Topliss-reactive ketones (excluding diaryl/α,β-unsaturated/α-hetero) is 1. The Bertz CT molecular complexity index is 602. The van der Waals surface area contributed by atoms with Crippen LogP contribution in [-0.4, -0.2) is 24.1 Å². The summed E-state index contributed by atoms with van der Waals surface area (Å²) in [7, 11) is 0. The highest BCUT2D eigenvalue weighted by Gasteiger charge is 2.33. The van der Waals surface area contributed by atoms with Gasteiger partial charge in [0.15, 0.2) is 17.4 Å². The number of carbonyl (C=O) groups excluding carboxylic acids is 3. The molecule has 1 aromatic rings. The van der Waals surface area contributed by atoms with E-state index in [1.54, 1.807) is 0 Å². The normalized spacial score (nSPS) is 17.4. The van der Waals surface area contributed by atoms with E-state index in [-0.39, 0.29) is 42.0 Å². The van der Waals surface area contributed by atoms with Crippen molar-refractivity contribution in [2.75, 3.05) is 5.32 Å². The van der Waals surface area contributed by atoms with Crippen molar-refractivity contribution < 1.29 is 23.2 Å². The number of ketones is 1. The predicted octanol–water partition coefficient (Wildman–Crippen LogP) is 1.17. The fourth-order valence-corrected chi connectivity index (χ4v) is 2.35. The third-order valence-electron chi connectivity index (χ3n) is 3.15. The molecular formula is C13H12F2N2O3. The maximum atomic E-state index is 13.7. The molecule has 0 spiro atoms. The summed E-state index contributed by atoms with van der Waals surface area (Å²) < 4.78 is 27.1. The smallest absolute Gasteiger partial charge is 0.217 e. The number of anilines is 1. The lowest BCUT2D eigenvalue weighted by Crippen LogP contribution is -2.43. The van der Waals surface area contributed by atoms with Gasteiger partial charge in [-0.25, -0.2) is 8.78 Å². The third kappa shape index (κ3) is 2.38. The van der Waals surface area contributed by atoms with E-state index in [1.165, 1.54) is 6.92 Å². The van der Waals surface area contributed by atoms with Gasteiger partial charge in [-0.1, -0.05) is 0 Å². The molecule has 1 unspecified atom stereocenters. The molecule has 2 amide bonds. The number of carbonyl (C=O) groups is 3. The van der Waals surface area contributed by atoms with E-state index in [0.29, 0.717) is 0 Å². The van der Waals surface area contributed by atoms with E-state index in [0.717, 1.165) is 6.07 Å². The monoisotopic (exact) mass is 282 g/mol. The van der Waals surface area contributed by atoms with Crippen LogP contribution < -0.4 is 10.6 Å². The van der Waals surface area contributed by atoms with Crippen LogP contribution in [0.3, 0.4) is 0 Å². The number of hydrogen-bond acceptors (Lipinski definition) is 3. The fraction of sp³-hybridized carbons (Fsp3) is 0.308. The van der Waals surface area contributed by atoms with E-state index in [9.17, 15) is 23.2 Å². The minimum Gasteiger partial charge on any atom is -0.346 e.